The molecule has 0 spiro atoms. The Morgan fingerprint density at radius 2 is 1.76 bits per heavy atom. The minimum atomic E-state index is 0.104. The summed E-state index contributed by atoms with van der Waals surface area (Å²) in [4.78, 5) is 16.9. The van der Waals surface area contributed by atoms with E-state index in [9.17, 15) is 4.79 Å². The van der Waals surface area contributed by atoms with Gasteiger partial charge in [-0.05, 0) is 42.7 Å². The first-order chi connectivity index (χ1) is 12.1. The summed E-state index contributed by atoms with van der Waals surface area (Å²) in [5, 5.41) is 3.04. The lowest BCUT2D eigenvalue weighted by Crippen LogP contribution is -2.49. The molecule has 2 aromatic carbocycles. The summed E-state index contributed by atoms with van der Waals surface area (Å²) in [6.07, 6.45) is 0. The van der Waals surface area contributed by atoms with E-state index in [0.717, 1.165) is 26.2 Å². The average Bonchev–Trinajstić information content (AvgIpc) is 2.62. The van der Waals surface area contributed by atoms with Gasteiger partial charge in [0.25, 0.3) is 0 Å². The van der Waals surface area contributed by atoms with Gasteiger partial charge in [0.05, 0.1) is 6.54 Å². The molecule has 0 atom stereocenters. The number of amides is 1. The number of piperazine rings is 1. The molecule has 1 saturated heterocycles. The molecular weight excluding hydrogens is 310 g/mol. The number of hydrogen-bond acceptors (Lipinski definition) is 3. The van der Waals surface area contributed by atoms with Crippen molar-refractivity contribution in [2.75, 3.05) is 37.6 Å². The van der Waals surface area contributed by atoms with Crippen LogP contribution < -0.4 is 10.2 Å². The molecule has 25 heavy (non-hydrogen) atoms. The Bertz CT molecular complexity index is 721. The number of carbonyl (C=O) groups is 1. The van der Waals surface area contributed by atoms with Crippen LogP contribution in [0.15, 0.2) is 48.5 Å². The summed E-state index contributed by atoms with van der Waals surface area (Å²) in [5.41, 5.74) is 4.97. The molecule has 0 unspecified atom stereocenters. The summed E-state index contributed by atoms with van der Waals surface area (Å²) in [7, 11) is 0. The topological polar surface area (TPSA) is 35.6 Å². The van der Waals surface area contributed by atoms with Gasteiger partial charge in [-0.1, -0.05) is 36.4 Å². The van der Waals surface area contributed by atoms with Gasteiger partial charge in [0, 0.05) is 38.4 Å². The molecule has 0 radical (unpaired) electrons. The molecule has 1 N–H and O–H groups in total. The lowest BCUT2D eigenvalue weighted by molar-refractivity contribution is -0.122. The van der Waals surface area contributed by atoms with Crippen LogP contribution in [0.5, 0.6) is 0 Å². The summed E-state index contributed by atoms with van der Waals surface area (Å²) in [5.74, 6) is 0.104. The molecule has 4 nitrogen and oxygen atoms in total. The number of hydrogen-bond donors (Lipinski definition) is 1. The smallest absolute Gasteiger partial charge is 0.234 e. The number of nitrogens with zero attached hydrogens (tertiary/aromatic N) is 2. The molecular formula is C21H27N3O. The van der Waals surface area contributed by atoms with Crippen molar-refractivity contribution in [1.29, 1.82) is 0 Å². The van der Waals surface area contributed by atoms with Gasteiger partial charge in [0.15, 0.2) is 0 Å². The maximum atomic E-state index is 12.2. The Balaban J connectivity index is 1.44. The molecule has 0 aliphatic carbocycles. The molecule has 1 fully saturated rings. The zero-order valence-corrected chi connectivity index (χ0v) is 15.2. The van der Waals surface area contributed by atoms with Gasteiger partial charge in [-0.2, -0.15) is 0 Å². The predicted molar refractivity (Wildman–Crippen MR) is 103 cm³/mol. The SMILES string of the molecule is Cc1cccc(N2CCN(CC(=O)NCc3ccccc3C)CC2)c1. The number of anilines is 1. The average molecular weight is 337 g/mol. The second kappa shape index (κ2) is 8.17. The van der Waals surface area contributed by atoms with Gasteiger partial charge < -0.3 is 10.2 Å². The molecule has 1 amide bonds. The molecule has 4 heteroatoms. The summed E-state index contributed by atoms with van der Waals surface area (Å²) < 4.78 is 0. The van der Waals surface area contributed by atoms with Crippen LogP contribution in [0.3, 0.4) is 0 Å². The van der Waals surface area contributed by atoms with Crippen LogP contribution in [-0.2, 0) is 11.3 Å². The number of rotatable bonds is 5. The Labute approximate surface area is 150 Å². The van der Waals surface area contributed by atoms with Crippen LogP contribution in [0.25, 0.3) is 0 Å². The van der Waals surface area contributed by atoms with Crippen molar-refractivity contribution in [3.05, 3.63) is 65.2 Å². The molecule has 3 rings (SSSR count). The van der Waals surface area contributed by atoms with Crippen LogP contribution in [0.1, 0.15) is 16.7 Å². The molecule has 0 aromatic heterocycles. The van der Waals surface area contributed by atoms with Crippen molar-refractivity contribution in [3.8, 4) is 0 Å². The van der Waals surface area contributed by atoms with Crippen molar-refractivity contribution in [2.24, 2.45) is 0 Å². The first-order valence-electron chi connectivity index (χ1n) is 8.97. The van der Waals surface area contributed by atoms with E-state index in [0.29, 0.717) is 13.1 Å². The fourth-order valence-corrected chi connectivity index (χ4v) is 3.25. The maximum absolute atomic E-state index is 12.2. The first kappa shape index (κ1) is 17.5. The molecule has 0 bridgehead atoms. The normalized spacial score (nSPS) is 15.2. The van der Waals surface area contributed by atoms with E-state index in [1.807, 2.05) is 12.1 Å². The van der Waals surface area contributed by atoms with Crippen molar-refractivity contribution >= 4 is 11.6 Å². The highest BCUT2D eigenvalue weighted by molar-refractivity contribution is 5.78. The third kappa shape index (κ3) is 4.83. The molecule has 132 valence electrons. The molecule has 2 aromatic rings. The number of aryl methyl sites for hydroxylation is 2. The highest BCUT2D eigenvalue weighted by Crippen LogP contribution is 2.17. The van der Waals surface area contributed by atoms with E-state index in [4.69, 9.17) is 0 Å². The van der Waals surface area contributed by atoms with E-state index < -0.39 is 0 Å². The minimum Gasteiger partial charge on any atom is -0.369 e. The zero-order chi connectivity index (χ0) is 17.6. The second-order valence-electron chi connectivity index (χ2n) is 6.81. The van der Waals surface area contributed by atoms with Gasteiger partial charge in [-0.15, -0.1) is 0 Å². The second-order valence-corrected chi connectivity index (χ2v) is 6.81. The Hall–Kier alpha value is -2.33. The Kier molecular flexibility index (Phi) is 5.71. The number of nitrogens with one attached hydrogen (secondary N) is 1. The van der Waals surface area contributed by atoms with Gasteiger partial charge >= 0.3 is 0 Å². The quantitative estimate of drug-likeness (QED) is 0.911. The molecule has 1 aliphatic heterocycles. The monoisotopic (exact) mass is 337 g/mol. The minimum absolute atomic E-state index is 0.104. The standard InChI is InChI=1S/C21H27N3O/c1-17-6-5-9-20(14-17)24-12-10-23(11-13-24)16-21(25)22-15-19-8-4-3-7-18(19)2/h3-9,14H,10-13,15-16H2,1-2H3,(H,22,25). The van der Waals surface area contributed by atoms with E-state index in [2.05, 4.69) is 65.4 Å². The molecule has 0 saturated carbocycles. The fourth-order valence-electron chi connectivity index (χ4n) is 3.25. The van der Waals surface area contributed by atoms with E-state index in [-0.39, 0.29) is 5.91 Å². The predicted octanol–water partition coefficient (Wildman–Crippen LogP) is 2.74. The van der Waals surface area contributed by atoms with Crippen LogP contribution >= 0.6 is 0 Å². The van der Waals surface area contributed by atoms with E-state index >= 15 is 0 Å². The number of carbonyl (C=O) groups excluding carboxylic acids is 1. The van der Waals surface area contributed by atoms with Crippen molar-refractivity contribution in [2.45, 2.75) is 20.4 Å². The van der Waals surface area contributed by atoms with Crippen LogP contribution in [0, 0.1) is 13.8 Å². The fraction of sp³-hybridized carbons (Fsp3) is 0.381. The number of benzene rings is 2. The van der Waals surface area contributed by atoms with Crippen LogP contribution in [0.2, 0.25) is 0 Å². The highest BCUT2D eigenvalue weighted by Gasteiger charge is 2.19. The largest absolute Gasteiger partial charge is 0.369 e. The van der Waals surface area contributed by atoms with E-state index in [1.54, 1.807) is 0 Å². The van der Waals surface area contributed by atoms with Crippen molar-refractivity contribution in [1.82, 2.24) is 10.2 Å². The van der Waals surface area contributed by atoms with Crippen molar-refractivity contribution < 1.29 is 4.79 Å². The molecule has 1 heterocycles. The maximum Gasteiger partial charge on any atom is 0.234 e. The van der Waals surface area contributed by atoms with Gasteiger partial charge in [-0.3, -0.25) is 9.69 Å². The highest BCUT2D eigenvalue weighted by atomic mass is 16.2. The van der Waals surface area contributed by atoms with Gasteiger partial charge in [0.1, 0.15) is 0 Å². The summed E-state index contributed by atoms with van der Waals surface area (Å²) >= 11 is 0. The Morgan fingerprint density at radius 1 is 1.00 bits per heavy atom. The third-order valence-corrected chi connectivity index (χ3v) is 4.84. The van der Waals surface area contributed by atoms with Crippen LogP contribution in [0.4, 0.5) is 5.69 Å². The first-order valence-corrected chi connectivity index (χ1v) is 8.97. The Morgan fingerprint density at radius 3 is 2.48 bits per heavy atom. The lowest BCUT2D eigenvalue weighted by Gasteiger charge is -2.35. The zero-order valence-electron chi connectivity index (χ0n) is 15.2. The molecule has 1 aliphatic rings. The van der Waals surface area contributed by atoms with Gasteiger partial charge in [0.2, 0.25) is 5.91 Å². The lowest BCUT2D eigenvalue weighted by atomic mass is 10.1. The summed E-state index contributed by atoms with van der Waals surface area (Å²) in [6, 6.07) is 16.8. The van der Waals surface area contributed by atoms with E-state index in [1.165, 1.54) is 22.4 Å². The summed E-state index contributed by atoms with van der Waals surface area (Å²) in [6.45, 7) is 9.06. The van der Waals surface area contributed by atoms with Crippen LogP contribution in [-0.4, -0.2) is 43.5 Å². The third-order valence-electron chi connectivity index (χ3n) is 4.84. The van der Waals surface area contributed by atoms with Crippen molar-refractivity contribution in [3.63, 3.8) is 0 Å². The van der Waals surface area contributed by atoms with Gasteiger partial charge in [-0.25, -0.2) is 0 Å².